The van der Waals surface area contributed by atoms with E-state index in [0.29, 0.717) is 22.7 Å². The van der Waals surface area contributed by atoms with Crippen molar-refractivity contribution in [2.45, 2.75) is 0 Å². The van der Waals surface area contributed by atoms with E-state index < -0.39 is 0 Å². The molecule has 0 saturated carbocycles. The van der Waals surface area contributed by atoms with Gasteiger partial charge < -0.3 is 0 Å². The molecule has 0 aliphatic rings. The molecule has 2 rings (SSSR count). The van der Waals surface area contributed by atoms with Gasteiger partial charge in [-0.05, 0) is 0 Å². The van der Waals surface area contributed by atoms with Gasteiger partial charge in [0.25, 0.3) is 0 Å². The zero-order valence-corrected chi connectivity index (χ0v) is 7.72. The largest absolute Gasteiger partial charge is 0.298 e. The minimum atomic E-state index is 0.382. The quantitative estimate of drug-likeness (QED) is 0.694. The molecule has 5 nitrogen and oxygen atoms in total. The van der Waals surface area contributed by atoms with Crippen LogP contribution in [0.2, 0.25) is 5.02 Å². The lowest BCUT2D eigenvalue weighted by Crippen LogP contribution is -1.98. The highest BCUT2D eigenvalue weighted by Gasteiger charge is 2.05. The first kappa shape index (κ1) is 8.83. The van der Waals surface area contributed by atoms with E-state index in [9.17, 15) is 4.79 Å². The van der Waals surface area contributed by atoms with Gasteiger partial charge in [-0.15, -0.1) is 0 Å². The Balaban J connectivity index is 2.49. The SMILES string of the molecule is O=Cc1cnn(-c2ncncc2Cl)c1. The Kier molecular flexibility index (Phi) is 2.24. The standard InChI is InChI=1S/C8H5ClN4O/c9-7-2-10-5-11-8(7)13-3-6(4-14)1-12-13/h1-5H. The van der Waals surface area contributed by atoms with Crippen LogP contribution in [0.1, 0.15) is 10.4 Å². The Morgan fingerprint density at radius 2 is 2.29 bits per heavy atom. The molecule has 0 fully saturated rings. The fourth-order valence-electron chi connectivity index (χ4n) is 0.988. The second kappa shape index (κ2) is 3.55. The molecular weight excluding hydrogens is 204 g/mol. The number of nitrogens with zero attached hydrogens (tertiary/aromatic N) is 4. The zero-order valence-electron chi connectivity index (χ0n) is 6.96. The van der Waals surface area contributed by atoms with E-state index in [-0.39, 0.29) is 0 Å². The Labute approximate surface area is 84.4 Å². The van der Waals surface area contributed by atoms with Crippen molar-refractivity contribution in [3.63, 3.8) is 0 Å². The van der Waals surface area contributed by atoms with Gasteiger partial charge >= 0.3 is 0 Å². The molecule has 0 amide bonds. The van der Waals surface area contributed by atoms with Crippen LogP contribution in [0, 0.1) is 0 Å². The van der Waals surface area contributed by atoms with Crippen molar-refractivity contribution in [1.29, 1.82) is 0 Å². The van der Waals surface area contributed by atoms with Crippen molar-refractivity contribution in [2.75, 3.05) is 0 Å². The lowest BCUT2D eigenvalue weighted by atomic mass is 10.4. The van der Waals surface area contributed by atoms with Crippen LogP contribution in [0.15, 0.2) is 24.9 Å². The molecule has 0 spiro atoms. The van der Waals surface area contributed by atoms with Crippen molar-refractivity contribution in [3.8, 4) is 5.82 Å². The average molecular weight is 209 g/mol. The number of hydrogen-bond acceptors (Lipinski definition) is 4. The first-order valence-corrected chi connectivity index (χ1v) is 4.15. The van der Waals surface area contributed by atoms with Gasteiger partial charge in [0, 0.05) is 6.20 Å². The van der Waals surface area contributed by atoms with Crippen molar-refractivity contribution in [1.82, 2.24) is 19.7 Å². The molecule has 0 unspecified atom stereocenters. The topological polar surface area (TPSA) is 60.7 Å². The predicted molar refractivity (Wildman–Crippen MR) is 49.6 cm³/mol. The fourth-order valence-corrected chi connectivity index (χ4v) is 1.18. The third-order valence-electron chi connectivity index (χ3n) is 1.60. The molecular formula is C8H5ClN4O. The maximum Gasteiger partial charge on any atom is 0.175 e. The van der Waals surface area contributed by atoms with Gasteiger partial charge in [0.2, 0.25) is 0 Å². The first-order chi connectivity index (χ1) is 6.81. The number of hydrogen-bond donors (Lipinski definition) is 0. The van der Waals surface area contributed by atoms with Gasteiger partial charge in [-0.1, -0.05) is 11.6 Å². The minimum absolute atomic E-state index is 0.382. The van der Waals surface area contributed by atoms with Crippen molar-refractivity contribution >= 4 is 17.9 Å². The maximum absolute atomic E-state index is 10.4. The van der Waals surface area contributed by atoms with E-state index in [1.165, 1.54) is 23.4 Å². The lowest BCUT2D eigenvalue weighted by Gasteiger charge is -1.99. The van der Waals surface area contributed by atoms with E-state index >= 15 is 0 Å². The smallest absolute Gasteiger partial charge is 0.175 e. The zero-order chi connectivity index (χ0) is 9.97. The number of aromatic nitrogens is 4. The van der Waals surface area contributed by atoms with E-state index in [0.717, 1.165) is 0 Å². The summed E-state index contributed by atoms with van der Waals surface area (Å²) in [4.78, 5) is 18.1. The Bertz CT molecular complexity index is 468. The van der Waals surface area contributed by atoms with Gasteiger partial charge in [-0.25, -0.2) is 14.6 Å². The summed E-state index contributed by atoms with van der Waals surface area (Å²) in [5.74, 6) is 0.453. The van der Waals surface area contributed by atoms with Gasteiger partial charge in [0.1, 0.15) is 11.3 Å². The molecule has 2 aromatic heterocycles. The first-order valence-electron chi connectivity index (χ1n) is 3.77. The van der Waals surface area contributed by atoms with Crippen molar-refractivity contribution in [2.24, 2.45) is 0 Å². The minimum Gasteiger partial charge on any atom is -0.298 e. The summed E-state index contributed by atoms with van der Waals surface area (Å²) >= 11 is 5.84. The van der Waals surface area contributed by atoms with Crippen LogP contribution >= 0.6 is 11.6 Å². The highest BCUT2D eigenvalue weighted by molar-refractivity contribution is 6.32. The lowest BCUT2D eigenvalue weighted by molar-refractivity contribution is 0.112. The Morgan fingerprint density at radius 3 is 2.93 bits per heavy atom. The van der Waals surface area contributed by atoms with Crippen LogP contribution < -0.4 is 0 Å². The van der Waals surface area contributed by atoms with E-state index in [1.807, 2.05) is 0 Å². The summed E-state index contributed by atoms with van der Waals surface area (Å²) in [6.07, 6.45) is 6.51. The second-order valence-electron chi connectivity index (χ2n) is 2.53. The van der Waals surface area contributed by atoms with Gasteiger partial charge in [-0.2, -0.15) is 5.10 Å². The Morgan fingerprint density at radius 1 is 1.43 bits per heavy atom. The van der Waals surface area contributed by atoms with Crippen molar-refractivity contribution < 1.29 is 4.79 Å². The molecule has 0 aliphatic carbocycles. The van der Waals surface area contributed by atoms with Crippen LogP contribution in [0.3, 0.4) is 0 Å². The molecule has 70 valence electrons. The van der Waals surface area contributed by atoms with Crippen LogP contribution in [0.5, 0.6) is 0 Å². The average Bonchev–Trinajstić information content (AvgIpc) is 2.67. The highest BCUT2D eigenvalue weighted by atomic mass is 35.5. The van der Waals surface area contributed by atoms with E-state index in [2.05, 4.69) is 15.1 Å². The molecule has 0 atom stereocenters. The highest BCUT2D eigenvalue weighted by Crippen LogP contribution is 2.14. The van der Waals surface area contributed by atoms with Gasteiger partial charge in [0.05, 0.1) is 18.0 Å². The summed E-state index contributed by atoms with van der Waals surface area (Å²) in [7, 11) is 0. The van der Waals surface area contributed by atoms with E-state index in [4.69, 9.17) is 11.6 Å². The molecule has 6 heteroatoms. The van der Waals surface area contributed by atoms with Crippen LogP contribution in [-0.2, 0) is 0 Å². The predicted octanol–water partition coefficient (Wildman–Crippen LogP) is 1.13. The summed E-state index contributed by atoms with van der Waals surface area (Å²) in [5.41, 5.74) is 0.472. The number of rotatable bonds is 2. The monoisotopic (exact) mass is 208 g/mol. The summed E-state index contributed by atoms with van der Waals surface area (Å²) in [5, 5.41) is 4.31. The summed E-state index contributed by atoms with van der Waals surface area (Å²) in [6.45, 7) is 0. The van der Waals surface area contributed by atoms with Crippen molar-refractivity contribution in [3.05, 3.63) is 35.5 Å². The molecule has 0 bridgehead atoms. The summed E-state index contributed by atoms with van der Waals surface area (Å²) < 4.78 is 1.42. The van der Waals surface area contributed by atoms with Crippen LogP contribution in [0.4, 0.5) is 0 Å². The summed E-state index contributed by atoms with van der Waals surface area (Å²) in [6, 6.07) is 0. The van der Waals surface area contributed by atoms with E-state index in [1.54, 1.807) is 6.20 Å². The molecule has 14 heavy (non-hydrogen) atoms. The third-order valence-corrected chi connectivity index (χ3v) is 1.87. The van der Waals surface area contributed by atoms with Crippen LogP contribution in [0.25, 0.3) is 5.82 Å². The fraction of sp³-hybridized carbons (Fsp3) is 0. The number of carbonyl (C=O) groups is 1. The third kappa shape index (κ3) is 1.49. The van der Waals surface area contributed by atoms with Crippen LogP contribution in [-0.4, -0.2) is 26.0 Å². The molecule has 0 aliphatic heterocycles. The molecule has 0 aromatic carbocycles. The number of carbonyl (C=O) groups excluding carboxylic acids is 1. The van der Waals surface area contributed by atoms with Gasteiger partial charge in [-0.3, -0.25) is 4.79 Å². The molecule has 2 heterocycles. The van der Waals surface area contributed by atoms with Gasteiger partial charge in [0.15, 0.2) is 12.1 Å². The number of aldehydes is 1. The maximum atomic E-state index is 10.4. The molecule has 2 aromatic rings. The molecule has 0 saturated heterocycles. The number of halogens is 1. The second-order valence-corrected chi connectivity index (χ2v) is 2.94. The molecule has 0 radical (unpaired) electrons. The molecule has 0 N–H and O–H groups in total. The Hall–Kier alpha value is -1.75. The normalized spacial score (nSPS) is 10.1.